The Bertz CT molecular complexity index is 1180. The van der Waals surface area contributed by atoms with Crippen LogP contribution in [0.4, 0.5) is 4.79 Å². The maximum Gasteiger partial charge on any atom is 0.325 e. The Balaban J connectivity index is 1.54. The summed E-state index contributed by atoms with van der Waals surface area (Å²) >= 11 is 0. The summed E-state index contributed by atoms with van der Waals surface area (Å²) in [7, 11) is -3.19. The van der Waals surface area contributed by atoms with Gasteiger partial charge in [-0.3, -0.25) is 14.5 Å². The zero-order valence-corrected chi connectivity index (χ0v) is 19.2. The first-order valence-electron chi connectivity index (χ1n) is 10.6. The van der Waals surface area contributed by atoms with E-state index in [1.165, 1.54) is 15.9 Å². The third kappa shape index (κ3) is 4.32. The van der Waals surface area contributed by atoms with E-state index in [1.807, 2.05) is 6.92 Å². The zero-order valence-electron chi connectivity index (χ0n) is 18.3. The number of nitrogens with one attached hydrogen (secondary N) is 1. The molecule has 4 amide bonds. The van der Waals surface area contributed by atoms with Crippen molar-refractivity contribution in [3.63, 3.8) is 0 Å². The lowest BCUT2D eigenvalue weighted by molar-refractivity contribution is -0.140. The number of tetrazole rings is 1. The van der Waals surface area contributed by atoms with Crippen LogP contribution in [0, 0.1) is 0 Å². The number of carbonyl (C=O) groups is 3. The summed E-state index contributed by atoms with van der Waals surface area (Å²) in [6.07, 6.45) is 2.40. The molecular weight excluding hydrogens is 450 g/mol. The molecule has 2 aliphatic rings. The van der Waals surface area contributed by atoms with E-state index in [2.05, 4.69) is 20.8 Å². The van der Waals surface area contributed by atoms with Crippen molar-refractivity contribution in [2.45, 2.75) is 38.3 Å². The Morgan fingerprint density at radius 3 is 2.76 bits per heavy atom. The van der Waals surface area contributed by atoms with Gasteiger partial charge in [0.05, 0.1) is 17.2 Å². The van der Waals surface area contributed by atoms with Gasteiger partial charge in [0.25, 0.3) is 5.91 Å². The van der Waals surface area contributed by atoms with Gasteiger partial charge < -0.3 is 10.2 Å². The molecule has 0 aliphatic carbocycles. The summed E-state index contributed by atoms with van der Waals surface area (Å²) in [5.41, 5.74) is -0.267. The Morgan fingerprint density at radius 1 is 1.33 bits per heavy atom. The molecular formula is C20H25N7O5S. The van der Waals surface area contributed by atoms with Crippen molar-refractivity contribution in [1.82, 2.24) is 35.3 Å². The molecule has 2 aromatic rings. The number of sulfone groups is 1. The highest BCUT2D eigenvalue weighted by atomic mass is 32.2. The van der Waals surface area contributed by atoms with E-state index in [0.717, 1.165) is 4.90 Å². The summed E-state index contributed by atoms with van der Waals surface area (Å²) in [6.45, 7) is 3.35. The molecule has 3 heterocycles. The monoisotopic (exact) mass is 475 g/mol. The number of aromatic nitrogens is 4. The number of nitrogens with zero attached hydrogens (tertiary/aromatic N) is 6. The normalized spacial score (nSPS) is 24.2. The maximum absolute atomic E-state index is 13.3. The molecule has 176 valence electrons. The number of carbonyl (C=O) groups excluding carboxylic acids is 3. The van der Waals surface area contributed by atoms with Crippen LogP contribution in [0.15, 0.2) is 30.6 Å². The Morgan fingerprint density at radius 2 is 2.12 bits per heavy atom. The quantitative estimate of drug-likeness (QED) is 0.544. The highest BCUT2D eigenvalue weighted by Crippen LogP contribution is 2.30. The third-order valence-corrected chi connectivity index (χ3v) is 7.79. The summed E-state index contributed by atoms with van der Waals surface area (Å²) in [5.74, 6) is -1.08. The van der Waals surface area contributed by atoms with E-state index in [1.54, 1.807) is 31.2 Å². The SMILES string of the molecule is CCCN(C(=O)CN1C(=O)N[C@](C)(c2cccc(-n3cnnn3)c2)C1=O)[C@H]1CCS(=O)(=O)C1. The van der Waals surface area contributed by atoms with Crippen LogP contribution in [-0.4, -0.2) is 86.9 Å². The van der Waals surface area contributed by atoms with Crippen LogP contribution in [0.25, 0.3) is 5.69 Å². The predicted molar refractivity (Wildman–Crippen MR) is 116 cm³/mol. The van der Waals surface area contributed by atoms with Gasteiger partial charge in [-0.1, -0.05) is 19.1 Å². The van der Waals surface area contributed by atoms with Gasteiger partial charge >= 0.3 is 6.03 Å². The average molecular weight is 476 g/mol. The van der Waals surface area contributed by atoms with Gasteiger partial charge in [0, 0.05) is 12.6 Å². The fourth-order valence-corrected chi connectivity index (χ4v) is 6.01. The first-order chi connectivity index (χ1) is 15.6. The highest BCUT2D eigenvalue weighted by Gasteiger charge is 2.50. The number of urea groups is 1. The second-order valence-electron chi connectivity index (χ2n) is 8.40. The number of rotatable bonds is 7. The predicted octanol–water partition coefficient (Wildman–Crippen LogP) is -0.145. The largest absolute Gasteiger partial charge is 0.337 e. The Labute approximate surface area is 190 Å². The minimum Gasteiger partial charge on any atom is -0.337 e. The molecule has 0 radical (unpaired) electrons. The van der Waals surface area contributed by atoms with Gasteiger partial charge in [-0.05, 0) is 47.9 Å². The van der Waals surface area contributed by atoms with Gasteiger partial charge in [0.15, 0.2) is 9.84 Å². The Kier molecular flexibility index (Phi) is 5.91. The van der Waals surface area contributed by atoms with Crippen LogP contribution >= 0.6 is 0 Å². The van der Waals surface area contributed by atoms with Gasteiger partial charge in [-0.2, -0.15) is 0 Å². The van der Waals surface area contributed by atoms with Crippen LogP contribution in [-0.2, 0) is 25.0 Å². The van der Waals surface area contributed by atoms with Crippen molar-refractivity contribution in [2.75, 3.05) is 24.6 Å². The number of hydrogen-bond acceptors (Lipinski definition) is 8. The van der Waals surface area contributed by atoms with E-state index in [9.17, 15) is 22.8 Å². The lowest BCUT2D eigenvalue weighted by Crippen LogP contribution is -2.48. The van der Waals surface area contributed by atoms with E-state index in [-0.39, 0.29) is 11.5 Å². The molecule has 1 aromatic heterocycles. The van der Waals surface area contributed by atoms with Crippen molar-refractivity contribution < 1.29 is 22.8 Å². The topological polar surface area (TPSA) is 147 Å². The molecule has 4 rings (SSSR count). The standard InChI is InChI=1S/C20H25N7O5S/c1-3-8-25(16-7-9-33(31,32)12-16)17(28)11-26-18(29)20(2,22-19(26)30)14-5-4-6-15(10-14)27-13-21-23-24-27/h4-6,10,13,16H,3,7-9,11-12H2,1-2H3,(H,22,30)/t16-,20+/m0/s1. The average Bonchev–Trinajstić information content (AvgIpc) is 3.48. The van der Waals surface area contributed by atoms with Crippen molar-refractivity contribution >= 4 is 27.7 Å². The maximum atomic E-state index is 13.3. The molecule has 1 aromatic carbocycles. The van der Waals surface area contributed by atoms with Crippen LogP contribution in [0.3, 0.4) is 0 Å². The van der Waals surface area contributed by atoms with Crippen molar-refractivity contribution in [2.24, 2.45) is 0 Å². The first kappa shape index (κ1) is 22.8. The molecule has 0 saturated carbocycles. The fraction of sp³-hybridized carbons (Fsp3) is 0.500. The van der Waals surface area contributed by atoms with Gasteiger partial charge in [0.1, 0.15) is 18.4 Å². The number of amides is 4. The molecule has 2 saturated heterocycles. The van der Waals surface area contributed by atoms with Crippen LogP contribution in [0.1, 0.15) is 32.3 Å². The van der Waals surface area contributed by atoms with Gasteiger partial charge in [-0.25, -0.2) is 17.9 Å². The fourth-order valence-electron chi connectivity index (χ4n) is 4.27. The number of benzene rings is 1. The summed E-state index contributed by atoms with van der Waals surface area (Å²) < 4.78 is 25.2. The molecule has 0 spiro atoms. The van der Waals surface area contributed by atoms with Crippen LogP contribution < -0.4 is 5.32 Å². The van der Waals surface area contributed by atoms with E-state index in [4.69, 9.17) is 0 Å². The molecule has 2 aliphatic heterocycles. The van der Waals surface area contributed by atoms with Gasteiger partial charge in [0.2, 0.25) is 5.91 Å². The molecule has 1 N–H and O–H groups in total. The van der Waals surface area contributed by atoms with E-state index < -0.39 is 45.8 Å². The molecule has 13 heteroatoms. The third-order valence-electron chi connectivity index (χ3n) is 6.04. The first-order valence-corrected chi connectivity index (χ1v) is 12.4. The highest BCUT2D eigenvalue weighted by molar-refractivity contribution is 7.91. The van der Waals surface area contributed by atoms with E-state index in [0.29, 0.717) is 30.6 Å². The van der Waals surface area contributed by atoms with Crippen molar-refractivity contribution in [3.8, 4) is 5.69 Å². The smallest absolute Gasteiger partial charge is 0.325 e. The second-order valence-corrected chi connectivity index (χ2v) is 10.6. The summed E-state index contributed by atoms with van der Waals surface area (Å²) in [6, 6.07) is 5.73. The van der Waals surface area contributed by atoms with Crippen molar-refractivity contribution in [1.29, 1.82) is 0 Å². The van der Waals surface area contributed by atoms with E-state index >= 15 is 0 Å². The number of hydrogen-bond donors (Lipinski definition) is 1. The lowest BCUT2D eigenvalue weighted by Gasteiger charge is -2.29. The molecule has 12 nitrogen and oxygen atoms in total. The zero-order chi connectivity index (χ0) is 23.8. The minimum absolute atomic E-state index is 0.0317. The van der Waals surface area contributed by atoms with Crippen LogP contribution in [0.2, 0.25) is 0 Å². The molecule has 0 unspecified atom stereocenters. The van der Waals surface area contributed by atoms with Crippen LogP contribution in [0.5, 0.6) is 0 Å². The minimum atomic E-state index is -3.19. The Hall–Kier alpha value is -3.35. The van der Waals surface area contributed by atoms with Gasteiger partial charge in [-0.15, -0.1) is 5.10 Å². The second kappa shape index (κ2) is 8.54. The summed E-state index contributed by atoms with van der Waals surface area (Å²) in [5, 5.41) is 13.7. The summed E-state index contributed by atoms with van der Waals surface area (Å²) in [4.78, 5) is 41.5. The molecule has 0 bridgehead atoms. The molecule has 2 atom stereocenters. The lowest BCUT2D eigenvalue weighted by atomic mass is 9.91. The molecule has 2 fully saturated rings. The number of imide groups is 1. The van der Waals surface area contributed by atoms with Crippen molar-refractivity contribution in [3.05, 3.63) is 36.2 Å². The molecule has 33 heavy (non-hydrogen) atoms.